The smallest absolute Gasteiger partial charge is 0.194 e. The Bertz CT molecular complexity index is 441. The number of aliphatic imine (C=N–C) groups is 1. The van der Waals surface area contributed by atoms with Gasteiger partial charge in [-0.1, -0.05) is 6.92 Å². The second-order valence-electron chi connectivity index (χ2n) is 5.47. The second kappa shape index (κ2) is 10.6. The number of nitrogens with one attached hydrogen (secondary N) is 1. The topological polar surface area (TPSA) is 49.8 Å². The molecular formula is C16H27IN4O. The Morgan fingerprint density at radius 2 is 2.41 bits per heavy atom. The van der Waals surface area contributed by atoms with Gasteiger partial charge in [-0.25, -0.2) is 4.99 Å². The van der Waals surface area contributed by atoms with Crippen LogP contribution >= 0.6 is 24.0 Å². The number of ether oxygens (including phenoxy) is 1. The molecular weight excluding hydrogens is 391 g/mol. The molecule has 1 fully saturated rings. The van der Waals surface area contributed by atoms with E-state index in [-0.39, 0.29) is 24.0 Å². The number of piperidine rings is 1. The number of hydrogen-bond acceptors (Lipinski definition) is 3. The van der Waals surface area contributed by atoms with Gasteiger partial charge in [-0.15, -0.1) is 24.0 Å². The van der Waals surface area contributed by atoms with Crippen LogP contribution in [-0.4, -0.2) is 48.6 Å². The van der Waals surface area contributed by atoms with E-state index in [1.807, 2.05) is 12.1 Å². The number of hydrogen-bond donors (Lipinski definition) is 1. The summed E-state index contributed by atoms with van der Waals surface area (Å²) in [5, 5.41) is 3.38. The maximum atomic E-state index is 5.63. The first-order valence-electron chi connectivity index (χ1n) is 7.85. The average Bonchev–Trinajstić information content (AvgIpc) is 2.51. The van der Waals surface area contributed by atoms with E-state index in [9.17, 15) is 0 Å². The van der Waals surface area contributed by atoms with Gasteiger partial charge in [-0.2, -0.15) is 0 Å². The van der Waals surface area contributed by atoms with Crippen molar-refractivity contribution in [2.45, 2.75) is 26.7 Å². The quantitative estimate of drug-likeness (QED) is 0.346. The lowest BCUT2D eigenvalue weighted by Crippen LogP contribution is -2.46. The van der Waals surface area contributed by atoms with Gasteiger partial charge in [0.2, 0.25) is 0 Å². The summed E-state index contributed by atoms with van der Waals surface area (Å²) in [6.45, 7) is 8.73. The van der Waals surface area contributed by atoms with Gasteiger partial charge in [-0.3, -0.25) is 4.98 Å². The molecule has 0 aliphatic carbocycles. The molecule has 1 N–H and O–H groups in total. The molecule has 1 atom stereocenters. The van der Waals surface area contributed by atoms with Crippen molar-refractivity contribution in [3.63, 3.8) is 0 Å². The molecule has 2 heterocycles. The van der Waals surface area contributed by atoms with E-state index in [0.717, 1.165) is 37.3 Å². The van der Waals surface area contributed by atoms with Gasteiger partial charge in [0.1, 0.15) is 12.4 Å². The van der Waals surface area contributed by atoms with E-state index in [1.54, 1.807) is 12.4 Å². The van der Waals surface area contributed by atoms with Crippen molar-refractivity contribution in [2.75, 3.05) is 32.8 Å². The molecule has 0 aromatic carbocycles. The van der Waals surface area contributed by atoms with E-state index in [2.05, 4.69) is 34.0 Å². The minimum atomic E-state index is 0. The van der Waals surface area contributed by atoms with Crippen molar-refractivity contribution in [1.29, 1.82) is 0 Å². The highest BCUT2D eigenvalue weighted by molar-refractivity contribution is 14.0. The van der Waals surface area contributed by atoms with E-state index >= 15 is 0 Å². The molecule has 2 rings (SSSR count). The fourth-order valence-electron chi connectivity index (χ4n) is 2.56. The molecule has 0 spiro atoms. The summed E-state index contributed by atoms with van der Waals surface area (Å²) in [6, 6.07) is 3.78. The maximum Gasteiger partial charge on any atom is 0.194 e. The van der Waals surface area contributed by atoms with Gasteiger partial charge in [0, 0.05) is 25.8 Å². The van der Waals surface area contributed by atoms with Crippen LogP contribution in [0.2, 0.25) is 0 Å². The lowest BCUT2D eigenvalue weighted by molar-refractivity contribution is 0.264. The minimum Gasteiger partial charge on any atom is -0.490 e. The van der Waals surface area contributed by atoms with Crippen molar-refractivity contribution in [1.82, 2.24) is 15.2 Å². The van der Waals surface area contributed by atoms with Crippen LogP contribution in [0.3, 0.4) is 0 Å². The van der Waals surface area contributed by atoms with Crippen molar-refractivity contribution in [2.24, 2.45) is 10.9 Å². The molecule has 124 valence electrons. The Morgan fingerprint density at radius 1 is 1.55 bits per heavy atom. The fraction of sp³-hybridized carbons (Fsp3) is 0.625. The number of aromatic nitrogens is 1. The first kappa shape index (κ1) is 19.0. The van der Waals surface area contributed by atoms with E-state index in [1.165, 1.54) is 12.8 Å². The zero-order valence-electron chi connectivity index (χ0n) is 13.5. The van der Waals surface area contributed by atoms with Crippen LogP contribution < -0.4 is 10.1 Å². The van der Waals surface area contributed by atoms with Crippen molar-refractivity contribution < 1.29 is 4.74 Å². The summed E-state index contributed by atoms with van der Waals surface area (Å²) < 4.78 is 5.63. The van der Waals surface area contributed by atoms with Crippen LogP contribution in [0.15, 0.2) is 29.5 Å². The molecule has 0 amide bonds. The zero-order chi connectivity index (χ0) is 14.9. The summed E-state index contributed by atoms with van der Waals surface area (Å²) in [6.07, 6.45) is 6.03. The molecule has 1 aromatic rings. The third-order valence-electron chi connectivity index (χ3n) is 3.55. The van der Waals surface area contributed by atoms with Gasteiger partial charge < -0.3 is 15.0 Å². The van der Waals surface area contributed by atoms with Gasteiger partial charge in [0.15, 0.2) is 5.96 Å². The van der Waals surface area contributed by atoms with Crippen LogP contribution in [0.5, 0.6) is 5.75 Å². The fourth-order valence-corrected chi connectivity index (χ4v) is 2.56. The van der Waals surface area contributed by atoms with Crippen LogP contribution in [0.4, 0.5) is 0 Å². The Morgan fingerprint density at radius 3 is 3.09 bits per heavy atom. The van der Waals surface area contributed by atoms with Crippen LogP contribution in [-0.2, 0) is 0 Å². The standard InChI is InChI=1S/C16H26N4O.HI/c1-3-18-16(20-10-5-6-14(2)13-20)19-9-11-21-15-7-4-8-17-12-15;/h4,7-8,12,14H,3,5-6,9-11,13H2,1-2H3,(H,18,19);1H. The summed E-state index contributed by atoms with van der Waals surface area (Å²) in [4.78, 5) is 11.1. The zero-order valence-corrected chi connectivity index (χ0v) is 15.8. The minimum absolute atomic E-state index is 0. The number of guanidine groups is 1. The highest BCUT2D eigenvalue weighted by Crippen LogP contribution is 2.15. The van der Waals surface area contributed by atoms with Crippen LogP contribution in [0, 0.1) is 5.92 Å². The van der Waals surface area contributed by atoms with Crippen LogP contribution in [0.1, 0.15) is 26.7 Å². The molecule has 0 bridgehead atoms. The molecule has 5 nitrogen and oxygen atoms in total. The van der Waals surface area contributed by atoms with Crippen molar-refractivity contribution in [3.8, 4) is 5.75 Å². The average molecular weight is 418 g/mol. The lowest BCUT2D eigenvalue weighted by atomic mass is 10.0. The Balaban J connectivity index is 0.00000242. The summed E-state index contributed by atoms with van der Waals surface area (Å²) in [5.74, 6) is 2.55. The monoisotopic (exact) mass is 418 g/mol. The molecule has 0 radical (unpaired) electrons. The van der Waals surface area contributed by atoms with Gasteiger partial charge in [0.05, 0.1) is 12.7 Å². The molecule has 6 heteroatoms. The molecule has 1 saturated heterocycles. The number of pyridine rings is 1. The van der Waals surface area contributed by atoms with Crippen LogP contribution in [0.25, 0.3) is 0 Å². The largest absolute Gasteiger partial charge is 0.490 e. The Kier molecular flexibility index (Phi) is 9.19. The van der Waals surface area contributed by atoms with Gasteiger partial charge in [0.25, 0.3) is 0 Å². The SMILES string of the molecule is CCNC(=NCCOc1cccnc1)N1CCCC(C)C1.I. The first-order valence-corrected chi connectivity index (χ1v) is 7.85. The number of nitrogens with zero attached hydrogens (tertiary/aromatic N) is 3. The first-order chi connectivity index (χ1) is 10.3. The second-order valence-corrected chi connectivity index (χ2v) is 5.47. The molecule has 1 aliphatic heterocycles. The predicted octanol–water partition coefficient (Wildman–Crippen LogP) is 2.78. The molecule has 22 heavy (non-hydrogen) atoms. The predicted molar refractivity (Wildman–Crippen MR) is 101 cm³/mol. The molecule has 1 unspecified atom stereocenters. The summed E-state index contributed by atoms with van der Waals surface area (Å²) >= 11 is 0. The van der Waals surface area contributed by atoms with E-state index < -0.39 is 0 Å². The van der Waals surface area contributed by atoms with Crippen molar-refractivity contribution in [3.05, 3.63) is 24.5 Å². The summed E-state index contributed by atoms with van der Waals surface area (Å²) in [7, 11) is 0. The number of rotatable bonds is 5. The van der Waals surface area contributed by atoms with E-state index in [0.29, 0.717) is 13.2 Å². The normalized spacial score (nSPS) is 18.5. The van der Waals surface area contributed by atoms with Crippen molar-refractivity contribution >= 4 is 29.9 Å². The highest BCUT2D eigenvalue weighted by Gasteiger charge is 2.18. The summed E-state index contributed by atoms with van der Waals surface area (Å²) in [5.41, 5.74) is 0. The third kappa shape index (κ3) is 6.37. The van der Waals surface area contributed by atoms with Gasteiger partial charge in [-0.05, 0) is 37.8 Å². The van der Waals surface area contributed by atoms with E-state index in [4.69, 9.17) is 4.74 Å². The Hall–Kier alpha value is -1.05. The lowest BCUT2D eigenvalue weighted by Gasteiger charge is -2.33. The molecule has 1 aromatic heterocycles. The number of likely N-dealkylation sites (tertiary alicyclic amines) is 1. The third-order valence-corrected chi connectivity index (χ3v) is 3.55. The number of halogens is 1. The van der Waals surface area contributed by atoms with Gasteiger partial charge >= 0.3 is 0 Å². The maximum absolute atomic E-state index is 5.63. The Labute approximate surface area is 150 Å². The highest BCUT2D eigenvalue weighted by atomic mass is 127. The molecule has 1 aliphatic rings. The molecule has 0 saturated carbocycles.